The average Bonchev–Trinajstić information content (AvgIpc) is 2.18. The number of nitrogens with one attached hydrogen (secondary N) is 1. The third kappa shape index (κ3) is 6.55. The number of hydrogen-bond donors (Lipinski definition) is 1. The van der Waals surface area contributed by atoms with Crippen molar-refractivity contribution in [1.29, 1.82) is 0 Å². The molecule has 0 radical (unpaired) electrons. The average molecular weight is 264 g/mol. The van der Waals surface area contributed by atoms with Gasteiger partial charge in [0.25, 0.3) is 0 Å². The maximum Gasteiger partial charge on any atom is 0.240 e. The molecule has 1 N–H and O–H groups in total. The van der Waals surface area contributed by atoms with Gasteiger partial charge in [-0.3, -0.25) is 0 Å². The smallest absolute Gasteiger partial charge is 0.240 e. The molecule has 0 saturated carbocycles. The second-order valence-electron chi connectivity index (χ2n) is 3.05. The molecule has 4 nitrogen and oxygen atoms in total. The van der Waals surface area contributed by atoms with Crippen molar-refractivity contribution >= 4 is 26.9 Å². The normalized spacial score (nSPS) is 11.7. The van der Waals surface area contributed by atoms with Crippen LogP contribution in [-0.2, 0) is 10.1 Å². The third-order valence-electron chi connectivity index (χ3n) is 1.65. The van der Waals surface area contributed by atoms with Crippen LogP contribution in [0.15, 0.2) is 29.2 Å². The van der Waals surface area contributed by atoms with Crippen LogP contribution in [0.5, 0.6) is 0 Å². The highest BCUT2D eigenvalue weighted by atomic mass is 35.5. The molecule has 0 saturated heterocycles. The second kappa shape index (κ2) is 6.62. The first-order valence-corrected chi connectivity index (χ1v) is 6.25. The maximum atomic E-state index is 10.4. The molecule has 0 amide bonds. The molecular formula is C10H14ClNO3S. The van der Waals surface area contributed by atoms with Gasteiger partial charge < -0.3 is 4.55 Å². The van der Waals surface area contributed by atoms with E-state index < -0.39 is 10.1 Å². The fourth-order valence-electron chi connectivity index (χ4n) is 0.705. The lowest BCUT2D eigenvalue weighted by atomic mass is 10.2. The molecule has 0 aliphatic heterocycles. The van der Waals surface area contributed by atoms with Gasteiger partial charge in [-0.15, -0.1) is 0 Å². The molecule has 0 bridgehead atoms. The summed E-state index contributed by atoms with van der Waals surface area (Å²) in [5.41, 5.74) is 0.928. The number of aryl methyl sites for hydroxylation is 1. The fraction of sp³-hybridized carbons (Fsp3) is 0.300. The van der Waals surface area contributed by atoms with Gasteiger partial charge in [-0.05, 0) is 30.7 Å². The molecule has 0 fully saturated rings. The quantitative estimate of drug-likeness (QED) is 0.583. The Labute approximate surface area is 101 Å². The highest BCUT2D eigenvalue weighted by Gasteiger charge is 1.97. The Morgan fingerprint density at radius 3 is 1.94 bits per heavy atom. The Kier molecular flexibility index (Phi) is 6.25. The molecule has 0 unspecified atom stereocenters. The lowest BCUT2D eigenvalue weighted by Gasteiger charge is -2.05. The molecule has 0 aliphatic carbocycles. The summed E-state index contributed by atoms with van der Waals surface area (Å²) in [6, 6.07) is 5.78. The lowest BCUT2D eigenvalue weighted by Crippen LogP contribution is -2.65. The summed E-state index contributed by atoms with van der Waals surface area (Å²) in [7, 11) is -2.49. The van der Waals surface area contributed by atoms with Crippen LogP contribution in [0.25, 0.3) is 0 Å². The number of hydrogen-bond acceptors (Lipinski definition) is 3. The zero-order chi connectivity index (χ0) is 12.8. The minimum atomic E-state index is -4.27. The van der Waals surface area contributed by atoms with Gasteiger partial charge in [0.2, 0.25) is 5.17 Å². The van der Waals surface area contributed by atoms with Gasteiger partial charge in [0.1, 0.15) is 17.2 Å². The van der Waals surface area contributed by atoms with Crippen molar-refractivity contribution in [2.24, 2.45) is 0 Å². The largest absolute Gasteiger partial charge is 0.744 e. The summed E-state index contributed by atoms with van der Waals surface area (Å²) in [6.07, 6.45) is 0. The van der Waals surface area contributed by atoms with Gasteiger partial charge in [-0.1, -0.05) is 17.7 Å². The van der Waals surface area contributed by atoms with Crippen molar-refractivity contribution in [2.75, 3.05) is 7.05 Å². The highest BCUT2D eigenvalue weighted by molar-refractivity contribution is 7.85. The predicted octanol–water partition coefficient (Wildman–Crippen LogP) is 0.253. The fourth-order valence-corrected chi connectivity index (χ4v) is 1.17. The molecule has 90 valence electrons. The van der Waals surface area contributed by atoms with Gasteiger partial charge >= 0.3 is 0 Å². The van der Waals surface area contributed by atoms with Gasteiger partial charge in [0, 0.05) is 6.92 Å². The second-order valence-corrected chi connectivity index (χ2v) is 5.00. The Hall–Kier alpha value is -0.910. The lowest BCUT2D eigenvalue weighted by molar-refractivity contribution is -0.417. The van der Waals surface area contributed by atoms with E-state index in [1.165, 1.54) is 12.1 Å². The van der Waals surface area contributed by atoms with Crippen molar-refractivity contribution in [1.82, 2.24) is 0 Å². The van der Waals surface area contributed by atoms with E-state index in [9.17, 15) is 13.0 Å². The van der Waals surface area contributed by atoms with E-state index >= 15 is 0 Å². The van der Waals surface area contributed by atoms with E-state index in [0.717, 1.165) is 10.7 Å². The molecule has 0 aliphatic rings. The van der Waals surface area contributed by atoms with Gasteiger partial charge in [-0.25, -0.2) is 13.4 Å². The number of rotatable bonds is 1. The maximum absolute atomic E-state index is 10.4. The van der Waals surface area contributed by atoms with E-state index in [0.29, 0.717) is 0 Å². The van der Waals surface area contributed by atoms with Gasteiger partial charge in [0.05, 0.1) is 4.90 Å². The van der Waals surface area contributed by atoms with Crippen LogP contribution in [0.2, 0.25) is 0 Å². The summed E-state index contributed by atoms with van der Waals surface area (Å²) in [6.45, 7) is 3.61. The minimum Gasteiger partial charge on any atom is -0.744 e. The van der Waals surface area contributed by atoms with E-state index in [2.05, 4.69) is 4.99 Å². The van der Waals surface area contributed by atoms with Crippen molar-refractivity contribution in [3.05, 3.63) is 29.8 Å². The molecule has 16 heavy (non-hydrogen) atoms. The Morgan fingerprint density at radius 1 is 1.31 bits per heavy atom. The predicted molar refractivity (Wildman–Crippen MR) is 62.6 cm³/mol. The van der Waals surface area contributed by atoms with Crippen LogP contribution >= 0.6 is 11.6 Å². The van der Waals surface area contributed by atoms with E-state index in [-0.39, 0.29) is 4.90 Å². The summed E-state index contributed by atoms with van der Waals surface area (Å²) in [5.74, 6) is 0. The first-order chi connectivity index (χ1) is 7.27. The molecule has 0 aromatic heterocycles. The topological polar surface area (TPSA) is 71.2 Å². The van der Waals surface area contributed by atoms with Crippen LogP contribution in [0.4, 0.5) is 0 Å². The summed E-state index contributed by atoms with van der Waals surface area (Å²) >= 11 is 5.27. The Balaban J connectivity index is 0.000000385. The van der Waals surface area contributed by atoms with Crippen molar-refractivity contribution in [3.8, 4) is 0 Å². The Morgan fingerprint density at radius 2 is 1.69 bits per heavy atom. The van der Waals surface area contributed by atoms with Crippen molar-refractivity contribution < 1.29 is 18.0 Å². The molecule has 0 heterocycles. The summed E-state index contributed by atoms with van der Waals surface area (Å²) in [5, 5.41) is 0.727. The van der Waals surface area contributed by atoms with Gasteiger partial charge in [-0.2, -0.15) is 0 Å². The van der Waals surface area contributed by atoms with Crippen molar-refractivity contribution in [2.45, 2.75) is 18.7 Å². The summed E-state index contributed by atoms with van der Waals surface area (Å²) < 4.78 is 31.2. The zero-order valence-corrected chi connectivity index (χ0v) is 10.9. The highest BCUT2D eigenvalue weighted by Crippen LogP contribution is 2.08. The molecule has 0 spiro atoms. The monoisotopic (exact) mass is 263 g/mol. The zero-order valence-electron chi connectivity index (χ0n) is 9.32. The van der Waals surface area contributed by atoms with Crippen molar-refractivity contribution in [3.63, 3.8) is 0 Å². The molecule has 1 rings (SSSR count). The number of halogens is 1. The van der Waals surface area contributed by atoms with E-state index in [4.69, 9.17) is 11.6 Å². The SMILES string of the molecule is C[NH+]=C(C)Cl.Cc1ccc(S(=O)(=O)[O-])cc1. The van der Waals surface area contributed by atoms with E-state index in [1.54, 1.807) is 26.1 Å². The van der Waals surface area contributed by atoms with Crippen LogP contribution < -0.4 is 4.99 Å². The minimum absolute atomic E-state index is 0.178. The molecular weight excluding hydrogens is 250 g/mol. The van der Waals surface area contributed by atoms with Gasteiger partial charge in [0.15, 0.2) is 0 Å². The summed E-state index contributed by atoms with van der Waals surface area (Å²) in [4.78, 5) is 2.53. The first kappa shape index (κ1) is 15.1. The van der Waals surface area contributed by atoms with Crippen LogP contribution in [-0.4, -0.2) is 25.2 Å². The molecule has 1 aromatic carbocycles. The molecule has 6 heteroatoms. The van der Waals surface area contributed by atoms with E-state index in [1.807, 2.05) is 6.92 Å². The standard InChI is InChI=1S/C7H8O3S.C3H6ClN/c1-6-2-4-7(5-3-6)11(8,9)10;1-3(4)5-2/h2-5H,1H3,(H,8,9,10);1-2H3. The van der Waals surface area contributed by atoms with Crippen LogP contribution in [0.1, 0.15) is 12.5 Å². The Bertz CT molecular complexity index is 447. The number of benzene rings is 1. The molecule has 1 aromatic rings. The molecule has 0 atom stereocenters. The first-order valence-electron chi connectivity index (χ1n) is 4.46. The van der Waals surface area contributed by atoms with Crippen LogP contribution in [0.3, 0.4) is 0 Å². The third-order valence-corrected chi connectivity index (χ3v) is 2.69. The van der Waals surface area contributed by atoms with Crippen LogP contribution in [0, 0.1) is 6.92 Å².